The molecule has 2 unspecified atom stereocenters. The molecule has 2 aliphatic rings. The number of thiophene rings is 2. The highest BCUT2D eigenvalue weighted by Gasteiger charge is 2.26. The highest BCUT2D eigenvalue weighted by atomic mass is 127. The molecule has 31 heavy (non-hydrogen) atoms. The van der Waals surface area contributed by atoms with E-state index in [1.165, 1.54) is 35.7 Å². The standard InChI is InChI=1S/C22H33N5OS2.HI/c1-23-22(24-16-18(20-6-4-14-29-20)26-8-2-3-9-26)25-17-19(21-7-5-15-30-21)27-10-12-28-13-11-27;/h4-7,14-15,18-19H,2-3,8-13,16-17H2,1H3,(H2,23,24,25);1H. The van der Waals surface area contributed by atoms with Gasteiger partial charge in [-0.1, -0.05) is 12.1 Å². The van der Waals surface area contributed by atoms with E-state index in [1.807, 2.05) is 29.7 Å². The predicted octanol–water partition coefficient (Wildman–Crippen LogP) is 3.80. The largest absolute Gasteiger partial charge is 0.379 e. The Kier molecular flexibility index (Phi) is 10.5. The number of likely N-dealkylation sites (tertiary alicyclic amines) is 1. The van der Waals surface area contributed by atoms with Crippen LogP contribution in [0.25, 0.3) is 0 Å². The van der Waals surface area contributed by atoms with Gasteiger partial charge in [-0.25, -0.2) is 0 Å². The molecule has 2 fully saturated rings. The molecule has 9 heteroatoms. The summed E-state index contributed by atoms with van der Waals surface area (Å²) in [6, 6.07) is 9.56. The van der Waals surface area contributed by atoms with Gasteiger partial charge in [-0.15, -0.1) is 46.7 Å². The molecule has 2 saturated heterocycles. The van der Waals surface area contributed by atoms with E-state index < -0.39 is 0 Å². The van der Waals surface area contributed by atoms with Gasteiger partial charge in [0.2, 0.25) is 0 Å². The van der Waals surface area contributed by atoms with Crippen molar-refractivity contribution < 1.29 is 4.74 Å². The van der Waals surface area contributed by atoms with Crippen LogP contribution in [-0.4, -0.2) is 75.3 Å². The lowest BCUT2D eigenvalue weighted by atomic mass is 10.2. The van der Waals surface area contributed by atoms with Gasteiger partial charge in [0.25, 0.3) is 0 Å². The number of guanidine groups is 1. The van der Waals surface area contributed by atoms with Crippen molar-refractivity contribution in [3.63, 3.8) is 0 Å². The third kappa shape index (κ3) is 6.88. The maximum atomic E-state index is 5.56. The van der Waals surface area contributed by atoms with E-state index in [1.54, 1.807) is 0 Å². The number of aliphatic imine (C=N–C) groups is 1. The van der Waals surface area contributed by atoms with Crippen LogP contribution in [-0.2, 0) is 4.74 Å². The monoisotopic (exact) mass is 575 g/mol. The van der Waals surface area contributed by atoms with Gasteiger partial charge in [0.15, 0.2) is 5.96 Å². The molecule has 172 valence electrons. The molecular formula is C22H34IN5OS2. The SMILES string of the molecule is CN=C(NCC(c1cccs1)N1CCCC1)NCC(c1cccs1)N1CCOCC1.I. The molecule has 2 aromatic heterocycles. The Morgan fingerprint density at radius 3 is 1.90 bits per heavy atom. The molecule has 2 N–H and O–H groups in total. The van der Waals surface area contributed by atoms with Crippen LogP contribution in [0.5, 0.6) is 0 Å². The minimum Gasteiger partial charge on any atom is -0.379 e. The van der Waals surface area contributed by atoms with Crippen LogP contribution in [0.15, 0.2) is 40.0 Å². The Balaban J connectivity index is 0.00000272. The Bertz CT molecular complexity index is 759. The third-order valence-electron chi connectivity index (χ3n) is 5.96. The quantitative estimate of drug-likeness (QED) is 0.285. The summed E-state index contributed by atoms with van der Waals surface area (Å²) >= 11 is 3.68. The van der Waals surface area contributed by atoms with Gasteiger partial charge < -0.3 is 15.4 Å². The van der Waals surface area contributed by atoms with Gasteiger partial charge in [-0.2, -0.15) is 0 Å². The van der Waals surface area contributed by atoms with Gasteiger partial charge in [0.05, 0.1) is 25.3 Å². The van der Waals surface area contributed by atoms with Crippen LogP contribution in [0.4, 0.5) is 0 Å². The summed E-state index contributed by atoms with van der Waals surface area (Å²) in [6.45, 7) is 7.67. The summed E-state index contributed by atoms with van der Waals surface area (Å²) in [5.74, 6) is 0.880. The van der Waals surface area contributed by atoms with Crippen LogP contribution in [0.3, 0.4) is 0 Å². The fourth-order valence-corrected chi connectivity index (χ4v) is 6.05. The van der Waals surface area contributed by atoms with E-state index in [2.05, 4.69) is 60.5 Å². The van der Waals surface area contributed by atoms with Gasteiger partial charge >= 0.3 is 0 Å². The molecule has 0 radical (unpaired) electrons. The maximum Gasteiger partial charge on any atom is 0.191 e. The van der Waals surface area contributed by atoms with Crippen molar-refractivity contribution in [2.75, 3.05) is 59.5 Å². The second-order valence-electron chi connectivity index (χ2n) is 7.79. The first kappa shape index (κ1) is 24.9. The first-order valence-corrected chi connectivity index (χ1v) is 12.7. The van der Waals surface area contributed by atoms with Gasteiger partial charge in [-0.05, 0) is 48.8 Å². The Labute approximate surface area is 211 Å². The van der Waals surface area contributed by atoms with Crippen molar-refractivity contribution in [3.05, 3.63) is 44.8 Å². The van der Waals surface area contributed by atoms with Crippen molar-refractivity contribution in [1.29, 1.82) is 0 Å². The number of halogens is 1. The van der Waals surface area contributed by atoms with Gasteiger partial charge in [-0.3, -0.25) is 14.8 Å². The van der Waals surface area contributed by atoms with Crippen molar-refractivity contribution in [2.45, 2.75) is 24.9 Å². The zero-order valence-corrected chi connectivity index (χ0v) is 22.1. The zero-order chi connectivity index (χ0) is 20.6. The lowest BCUT2D eigenvalue weighted by Crippen LogP contribution is -2.47. The number of hydrogen-bond donors (Lipinski definition) is 2. The van der Waals surface area contributed by atoms with E-state index in [9.17, 15) is 0 Å². The molecule has 0 bridgehead atoms. The Morgan fingerprint density at radius 1 is 0.935 bits per heavy atom. The van der Waals surface area contributed by atoms with Crippen LogP contribution in [0.2, 0.25) is 0 Å². The molecule has 0 amide bonds. The number of rotatable bonds is 8. The minimum absolute atomic E-state index is 0. The summed E-state index contributed by atoms with van der Waals surface area (Å²) in [5, 5.41) is 11.5. The number of hydrogen-bond acceptors (Lipinski definition) is 6. The van der Waals surface area contributed by atoms with Gasteiger partial charge in [0, 0.05) is 43.0 Å². The molecule has 4 rings (SSSR count). The van der Waals surface area contributed by atoms with Gasteiger partial charge in [0.1, 0.15) is 0 Å². The normalized spacial score (nSPS) is 20.2. The summed E-state index contributed by atoms with van der Waals surface area (Å²) in [5.41, 5.74) is 0. The van der Waals surface area contributed by atoms with E-state index in [4.69, 9.17) is 4.74 Å². The number of morpholine rings is 1. The first-order valence-electron chi connectivity index (χ1n) is 10.9. The summed E-state index contributed by atoms with van der Waals surface area (Å²) < 4.78 is 5.56. The summed E-state index contributed by atoms with van der Waals surface area (Å²) in [6.07, 6.45) is 2.60. The van der Waals surface area contributed by atoms with Crippen molar-refractivity contribution in [3.8, 4) is 0 Å². The summed E-state index contributed by atoms with van der Waals surface area (Å²) in [4.78, 5) is 12.5. The molecule has 0 saturated carbocycles. The summed E-state index contributed by atoms with van der Waals surface area (Å²) in [7, 11) is 1.86. The molecule has 2 aromatic rings. The molecule has 0 aliphatic carbocycles. The lowest BCUT2D eigenvalue weighted by Gasteiger charge is -2.34. The smallest absolute Gasteiger partial charge is 0.191 e. The molecule has 2 aliphatic heterocycles. The minimum atomic E-state index is 0. The maximum absolute atomic E-state index is 5.56. The second-order valence-corrected chi connectivity index (χ2v) is 9.75. The fourth-order valence-electron chi connectivity index (χ4n) is 4.33. The average Bonchev–Trinajstić information content (AvgIpc) is 3.57. The molecule has 4 heterocycles. The molecule has 6 nitrogen and oxygen atoms in total. The first-order chi connectivity index (χ1) is 14.8. The highest BCUT2D eigenvalue weighted by molar-refractivity contribution is 14.0. The fraction of sp³-hybridized carbons (Fsp3) is 0.591. The van der Waals surface area contributed by atoms with Crippen LogP contribution in [0.1, 0.15) is 34.7 Å². The van der Waals surface area contributed by atoms with E-state index in [0.717, 1.165) is 45.4 Å². The Hall–Kier alpha value is -0.720. The number of ether oxygens (including phenoxy) is 1. The predicted molar refractivity (Wildman–Crippen MR) is 142 cm³/mol. The van der Waals surface area contributed by atoms with Crippen molar-refractivity contribution in [2.24, 2.45) is 4.99 Å². The third-order valence-corrected chi connectivity index (χ3v) is 7.91. The number of nitrogens with one attached hydrogen (secondary N) is 2. The van der Waals surface area contributed by atoms with E-state index in [-0.39, 0.29) is 24.0 Å². The average molecular weight is 576 g/mol. The van der Waals surface area contributed by atoms with Crippen molar-refractivity contribution in [1.82, 2.24) is 20.4 Å². The van der Waals surface area contributed by atoms with Crippen LogP contribution in [0, 0.1) is 0 Å². The van der Waals surface area contributed by atoms with Crippen molar-refractivity contribution >= 4 is 52.6 Å². The van der Waals surface area contributed by atoms with E-state index in [0.29, 0.717) is 12.1 Å². The Morgan fingerprint density at radius 2 is 1.45 bits per heavy atom. The van der Waals surface area contributed by atoms with E-state index >= 15 is 0 Å². The molecular weight excluding hydrogens is 541 g/mol. The zero-order valence-electron chi connectivity index (χ0n) is 18.2. The van der Waals surface area contributed by atoms with Crippen LogP contribution >= 0.6 is 46.7 Å². The topological polar surface area (TPSA) is 52.1 Å². The lowest BCUT2D eigenvalue weighted by molar-refractivity contribution is 0.0177. The second kappa shape index (κ2) is 13.1. The number of nitrogens with zero attached hydrogens (tertiary/aromatic N) is 3. The van der Waals surface area contributed by atoms with Crippen LogP contribution < -0.4 is 10.6 Å². The molecule has 0 aromatic carbocycles. The highest BCUT2D eigenvalue weighted by Crippen LogP contribution is 2.28. The molecule has 2 atom stereocenters. The molecule has 0 spiro atoms.